The van der Waals surface area contributed by atoms with E-state index in [1.807, 2.05) is 0 Å². The molecule has 15 heavy (non-hydrogen) atoms. The third-order valence-electron chi connectivity index (χ3n) is 4.28. The second-order valence-electron chi connectivity index (χ2n) is 5.31. The molecule has 0 radical (unpaired) electrons. The lowest BCUT2D eigenvalue weighted by atomic mass is 9.62. The van der Waals surface area contributed by atoms with E-state index in [9.17, 15) is 4.79 Å². The highest BCUT2D eigenvalue weighted by molar-refractivity contribution is 5.80. The van der Waals surface area contributed by atoms with E-state index in [1.54, 1.807) is 7.11 Å². The fourth-order valence-corrected chi connectivity index (χ4v) is 3.38. The maximum absolute atomic E-state index is 11.9. The topological polar surface area (TPSA) is 35.5 Å². The third kappa shape index (κ3) is 1.48. The monoisotopic (exact) mass is 212 g/mol. The maximum Gasteiger partial charge on any atom is 0.312 e. The fourth-order valence-electron chi connectivity index (χ4n) is 3.38. The zero-order valence-electron chi connectivity index (χ0n) is 9.84. The molecule has 2 fully saturated rings. The molecule has 2 aliphatic rings. The van der Waals surface area contributed by atoms with Crippen molar-refractivity contribution in [1.82, 2.24) is 0 Å². The van der Waals surface area contributed by atoms with Crippen LogP contribution in [0, 0.1) is 11.3 Å². The number of fused-ring (bicyclic) bond motifs is 2. The van der Waals surface area contributed by atoms with Crippen LogP contribution >= 0.6 is 0 Å². The van der Waals surface area contributed by atoms with Crippen molar-refractivity contribution in [2.75, 3.05) is 13.7 Å². The Bertz CT molecular complexity index is 276. The van der Waals surface area contributed by atoms with Crippen LogP contribution in [0.5, 0.6) is 0 Å². The summed E-state index contributed by atoms with van der Waals surface area (Å²) in [5.41, 5.74) is -0.492. The van der Waals surface area contributed by atoms with Crippen molar-refractivity contribution in [3.63, 3.8) is 0 Å². The number of rotatable bonds is 3. The van der Waals surface area contributed by atoms with Gasteiger partial charge in [-0.25, -0.2) is 0 Å². The zero-order chi connectivity index (χ0) is 11.1. The van der Waals surface area contributed by atoms with Crippen molar-refractivity contribution < 1.29 is 14.3 Å². The van der Waals surface area contributed by atoms with E-state index in [0.717, 1.165) is 25.7 Å². The Morgan fingerprint density at radius 2 is 2.20 bits per heavy atom. The van der Waals surface area contributed by atoms with E-state index in [1.165, 1.54) is 0 Å². The Balaban J connectivity index is 2.23. The Morgan fingerprint density at radius 1 is 1.47 bits per heavy atom. The number of esters is 1. The second-order valence-corrected chi connectivity index (χ2v) is 5.31. The molecule has 1 saturated carbocycles. The van der Waals surface area contributed by atoms with Gasteiger partial charge in [-0.2, -0.15) is 0 Å². The average Bonchev–Trinajstić information content (AvgIpc) is 2.27. The van der Waals surface area contributed by atoms with Crippen LogP contribution in [0.2, 0.25) is 0 Å². The van der Waals surface area contributed by atoms with Crippen molar-refractivity contribution in [3.05, 3.63) is 0 Å². The van der Waals surface area contributed by atoms with Crippen molar-refractivity contribution >= 4 is 5.97 Å². The number of ether oxygens (including phenoxy) is 2. The van der Waals surface area contributed by atoms with Crippen molar-refractivity contribution in [1.29, 1.82) is 0 Å². The first-order valence-electron chi connectivity index (χ1n) is 5.75. The van der Waals surface area contributed by atoms with E-state index in [2.05, 4.69) is 13.8 Å². The van der Waals surface area contributed by atoms with Crippen molar-refractivity contribution in [3.8, 4) is 0 Å². The van der Waals surface area contributed by atoms with Crippen LogP contribution in [0.25, 0.3) is 0 Å². The number of methoxy groups -OCH3 is 1. The molecule has 1 aliphatic heterocycles. The van der Waals surface area contributed by atoms with Gasteiger partial charge < -0.3 is 9.47 Å². The van der Waals surface area contributed by atoms with E-state index in [4.69, 9.17) is 9.47 Å². The first kappa shape index (κ1) is 10.9. The zero-order valence-corrected chi connectivity index (χ0v) is 9.84. The van der Waals surface area contributed by atoms with E-state index >= 15 is 0 Å². The lowest BCUT2D eigenvalue weighted by molar-refractivity contribution is -0.151. The summed E-state index contributed by atoms with van der Waals surface area (Å²) in [4.78, 5) is 11.9. The second kappa shape index (κ2) is 3.48. The number of carbonyl (C=O) groups is 1. The van der Waals surface area contributed by atoms with Gasteiger partial charge in [0.15, 0.2) is 0 Å². The minimum absolute atomic E-state index is 0.00334. The van der Waals surface area contributed by atoms with Crippen LogP contribution in [0.15, 0.2) is 0 Å². The molecule has 0 spiro atoms. The smallest absolute Gasteiger partial charge is 0.312 e. The summed E-state index contributed by atoms with van der Waals surface area (Å²) in [6.07, 6.45) is 4.00. The molecule has 0 aromatic rings. The van der Waals surface area contributed by atoms with Gasteiger partial charge in [-0.3, -0.25) is 4.79 Å². The molecule has 3 nitrogen and oxygen atoms in total. The van der Waals surface area contributed by atoms with Gasteiger partial charge in [0.05, 0.1) is 5.41 Å². The molecular formula is C12H20O3. The van der Waals surface area contributed by atoms with Gasteiger partial charge in [-0.05, 0) is 39.5 Å². The molecule has 1 saturated heterocycles. The molecule has 3 atom stereocenters. The minimum atomic E-state index is -0.258. The van der Waals surface area contributed by atoms with Crippen LogP contribution in [0.1, 0.15) is 39.5 Å². The van der Waals surface area contributed by atoms with E-state index in [0.29, 0.717) is 12.5 Å². The number of hydrogen-bond donors (Lipinski definition) is 0. The maximum atomic E-state index is 11.9. The normalized spacial score (nSPS) is 44.2. The summed E-state index contributed by atoms with van der Waals surface area (Å²) in [6.45, 7) is 4.85. The van der Waals surface area contributed by atoms with Gasteiger partial charge in [0.25, 0.3) is 0 Å². The standard InChI is InChI=1S/C12H20O3/c1-11-6-4-7-12(2,15-10(11)13)9(11)5-8-14-3/h9H,4-8H2,1-3H3/t9-,11+,12-/m1/s1. The first-order valence-corrected chi connectivity index (χ1v) is 5.75. The largest absolute Gasteiger partial charge is 0.459 e. The highest BCUT2D eigenvalue weighted by atomic mass is 16.6. The summed E-state index contributed by atoms with van der Waals surface area (Å²) in [5, 5.41) is 0. The molecule has 0 amide bonds. The molecule has 86 valence electrons. The van der Waals surface area contributed by atoms with Crippen LogP contribution in [0.4, 0.5) is 0 Å². The Labute approximate surface area is 91.1 Å². The first-order chi connectivity index (χ1) is 7.03. The molecule has 0 unspecified atom stereocenters. The molecule has 3 heteroatoms. The summed E-state index contributed by atoms with van der Waals surface area (Å²) < 4.78 is 10.7. The van der Waals surface area contributed by atoms with Crippen LogP contribution < -0.4 is 0 Å². The Morgan fingerprint density at radius 3 is 2.80 bits per heavy atom. The Hall–Kier alpha value is -0.570. The van der Waals surface area contributed by atoms with Gasteiger partial charge in [-0.1, -0.05) is 0 Å². The van der Waals surface area contributed by atoms with Crippen molar-refractivity contribution in [2.24, 2.45) is 11.3 Å². The molecule has 1 aliphatic carbocycles. The average molecular weight is 212 g/mol. The minimum Gasteiger partial charge on any atom is -0.459 e. The predicted octanol–water partition coefficient (Wildman–Crippen LogP) is 2.14. The third-order valence-corrected chi connectivity index (χ3v) is 4.28. The summed E-state index contributed by atoms with van der Waals surface area (Å²) >= 11 is 0. The highest BCUT2D eigenvalue weighted by Gasteiger charge is 2.61. The van der Waals surface area contributed by atoms with Crippen molar-refractivity contribution in [2.45, 2.75) is 45.1 Å². The van der Waals surface area contributed by atoms with Crippen LogP contribution in [-0.4, -0.2) is 25.3 Å². The summed E-state index contributed by atoms with van der Waals surface area (Å²) in [5.74, 6) is 0.329. The lowest BCUT2D eigenvalue weighted by Gasteiger charge is -2.39. The molecule has 0 aromatic heterocycles. The van der Waals surface area contributed by atoms with Gasteiger partial charge in [0.2, 0.25) is 0 Å². The van der Waals surface area contributed by atoms with E-state index < -0.39 is 0 Å². The number of carbonyl (C=O) groups excluding carboxylic acids is 1. The summed E-state index contributed by atoms with van der Waals surface area (Å²) in [6, 6.07) is 0. The number of hydrogen-bond acceptors (Lipinski definition) is 3. The van der Waals surface area contributed by atoms with Gasteiger partial charge >= 0.3 is 5.97 Å². The predicted molar refractivity (Wildman–Crippen MR) is 56.4 cm³/mol. The Kier molecular flexibility index (Phi) is 2.53. The summed E-state index contributed by atoms with van der Waals surface area (Å²) in [7, 11) is 1.71. The molecular weight excluding hydrogens is 192 g/mol. The molecule has 0 N–H and O–H groups in total. The van der Waals surface area contributed by atoms with E-state index in [-0.39, 0.29) is 17.0 Å². The molecule has 0 aromatic carbocycles. The van der Waals surface area contributed by atoms with Gasteiger partial charge in [0, 0.05) is 19.6 Å². The van der Waals surface area contributed by atoms with Crippen LogP contribution in [0.3, 0.4) is 0 Å². The quantitative estimate of drug-likeness (QED) is 0.672. The molecule has 2 rings (SSSR count). The SMILES string of the molecule is COCC[C@H]1[C@@]2(C)CCC[C@]1(C)C(=O)O2. The highest BCUT2D eigenvalue weighted by Crippen LogP contribution is 2.56. The fraction of sp³-hybridized carbons (Fsp3) is 0.917. The lowest BCUT2D eigenvalue weighted by Crippen LogP contribution is -2.42. The molecule has 2 bridgehead atoms. The van der Waals surface area contributed by atoms with Gasteiger partial charge in [0.1, 0.15) is 5.60 Å². The molecule has 1 heterocycles. The van der Waals surface area contributed by atoms with Gasteiger partial charge in [-0.15, -0.1) is 0 Å². The van der Waals surface area contributed by atoms with Crippen LogP contribution in [-0.2, 0) is 14.3 Å².